The molecule has 1 aromatic carbocycles. The molecule has 118 valence electrons. The minimum Gasteiger partial charge on any atom is -0.495 e. The zero-order valence-electron chi connectivity index (χ0n) is 13.3. The number of benzene rings is 1. The molecular weight excluding hydrogens is 282 g/mol. The van der Waals surface area contributed by atoms with Crippen LogP contribution in [0.1, 0.15) is 63.5 Å². The largest absolute Gasteiger partial charge is 0.495 e. The highest BCUT2D eigenvalue weighted by molar-refractivity contribution is 6.32. The normalized spacial score (nSPS) is 18.8. The van der Waals surface area contributed by atoms with Gasteiger partial charge in [0.25, 0.3) is 0 Å². The molecule has 0 bridgehead atoms. The summed E-state index contributed by atoms with van der Waals surface area (Å²) in [7, 11) is 1.68. The average Bonchev–Trinajstić information content (AvgIpc) is 2.46. The molecule has 0 spiro atoms. The number of hydrogen-bond acceptors (Lipinski definition) is 2. The summed E-state index contributed by atoms with van der Waals surface area (Å²) in [4.78, 5) is 0. The Kier molecular flexibility index (Phi) is 6.85. The second-order valence-electron chi connectivity index (χ2n) is 6.03. The van der Waals surface area contributed by atoms with Gasteiger partial charge in [0, 0.05) is 6.04 Å². The predicted molar refractivity (Wildman–Crippen MR) is 90.2 cm³/mol. The van der Waals surface area contributed by atoms with Gasteiger partial charge in [0.1, 0.15) is 5.75 Å². The highest BCUT2D eigenvalue weighted by Gasteiger charge is 2.23. The molecular formula is C18H28ClNO. The summed E-state index contributed by atoms with van der Waals surface area (Å²) in [6.07, 6.45) is 9.55. The summed E-state index contributed by atoms with van der Waals surface area (Å²) in [6, 6.07) is 6.63. The van der Waals surface area contributed by atoms with Crippen LogP contribution >= 0.6 is 11.6 Å². The first-order valence-electron chi connectivity index (χ1n) is 8.33. The van der Waals surface area contributed by atoms with E-state index >= 15 is 0 Å². The fourth-order valence-corrected chi connectivity index (χ4v) is 3.66. The van der Waals surface area contributed by atoms with Crippen LogP contribution in [0.4, 0.5) is 0 Å². The topological polar surface area (TPSA) is 21.3 Å². The number of halogens is 1. The van der Waals surface area contributed by atoms with E-state index in [4.69, 9.17) is 16.3 Å². The number of hydrogen-bond donors (Lipinski definition) is 1. The predicted octanol–water partition coefficient (Wildman–Crippen LogP) is 5.36. The summed E-state index contributed by atoms with van der Waals surface area (Å²) in [5.41, 5.74) is 1.31. The summed E-state index contributed by atoms with van der Waals surface area (Å²) >= 11 is 6.17. The minimum atomic E-state index is 0.416. The maximum absolute atomic E-state index is 6.17. The van der Waals surface area contributed by atoms with Crippen LogP contribution in [0, 0.1) is 5.92 Å². The third-order valence-corrected chi connectivity index (χ3v) is 4.89. The molecule has 1 saturated carbocycles. The molecule has 0 amide bonds. The standard InChI is InChI=1S/C18H28ClNO/c1-3-20-18(14-9-7-5-4-6-8-10-14)15-11-12-16(19)17(13-15)21-2/h11-14,18,20H,3-10H2,1-2H3. The third-order valence-electron chi connectivity index (χ3n) is 4.58. The van der Waals surface area contributed by atoms with Crippen molar-refractivity contribution in [3.8, 4) is 5.75 Å². The molecule has 2 nitrogen and oxygen atoms in total. The van der Waals surface area contributed by atoms with Gasteiger partial charge in [0.2, 0.25) is 0 Å². The van der Waals surface area contributed by atoms with E-state index in [1.807, 2.05) is 6.07 Å². The van der Waals surface area contributed by atoms with Gasteiger partial charge < -0.3 is 10.1 Å². The van der Waals surface area contributed by atoms with Crippen molar-refractivity contribution >= 4 is 11.6 Å². The van der Waals surface area contributed by atoms with Crippen molar-refractivity contribution in [3.63, 3.8) is 0 Å². The van der Waals surface area contributed by atoms with Crippen LogP contribution in [-0.4, -0.2) is 13.7 Å². The maximum atomic E-state index is 6.17. The molecule has 0 saturated heterocycles. The van der Waals surface area contributed by atoms with Gasteiger partial charge >= 0.3 is 0 Å². The van der Waals surface area contributed by atoms with Crippen LogP contribution in [0.15, 0.2) is 18.2 Å². The Morgan fingerprint density at radius 1 is 1.19 bits per heavy atom. The molecule has 1 aromatic rings. The highest BCUT2D eigenvalue weighted by atomic mass is 35.5. The van der Waals surface area contributed by atoms with E-state index < -0.39 is 0 Å². The molecule has 0 heterocycles. The zero-order valence-corrected chi connectivity index (χ0v) is 14.1. The summed E-state index contributed by atoms with van der Waals surface area (Å²) < 4.78 is 5.39. The second-order valence-corrected chi connectivity index (χ2v) is 6.44. The molecule has 1 aliphatic carbocycles. The van der Waals surface area contributed by atoms with Crippen LogP contribution in [0.3, 0.4) is 0 Å². The van der Waals surface area contributed by atoms with Gasteiger partial charge in [-0.1, -0.05) is 56.7 Å². The lowest BCUT2D eigenvalue weighted by molar-refractivity contribution is 0.291. The van der Waals surface area contributed by atoms with Crippen LogP contribution < -0.4 is 10.1 Å². The first-order valence-corrected chi connectivity index (χ1v) is 8.71. The van der Waals surface area contributed by atoms with E-state index in [0.717, 1.165) is 18.2 Å². The number of rotatable bonds is 5. The van der Waals surface area contributed by atoms with Crippen molar-refractivity contribution in [2.24, 2.45) is 5.92 Å². The Bertz CT molecular complexity index is 427. The fourth-order valence-electron chi connectivity index (χ4n) is 3.47. The molecule has 2 rings (SSSR count). The summed E-state index contributed by atoms with van der Waals surface area (Å²) in [5.74, 6) is 1.50. The smallest absolute Gasteiger partial charge is 0.137 e. The van der Waals surface area contributed by atoms with Crippen LogP contribution in [0.25, 0.3) is 0 Å². The van der Waals surface area contributed by atoms with Crippen molar-refractivity contribution in [2.75, 3.05) is 13.7 Å². The monoisotopic (exact) mass is 309 g/mol. The van der Waals surface area contributed by atoms with Crippen LogP contribution in [0.2, 0.25) is 5.02 Å². The molecule has 21 heavy (non-hydrogen) atoms. The van der Waals surface area contributed by atoms with Gasteiger partial charge in [-0.3, -0.25) is 0 Å². The molecule has 1 fully saturated rings. The Labute approximate surface area is 134 Å². The molecule has 0 aromatic heterocycles. The van der Waals surface area contributed by atoms with Gasteiger partial charge in [0.15, 0.2) is 0 Å². The van der Waals surface area contributed by atoms with E-state index in [0.29, 0.717) is 11.1 Å². The lowest BCUT2D eigenvalue weighted by Gasteiger charge is -2.30. The molecule has 1 unspecified atom stereocenters. The number of ether oxygens (including phenoxy) is 1. The molecule has 1 N–H and O–H groups in total. The fraction of sp³-hybridized carbons (Fsp3) is 0.667. The van der Waals surface area contributed by atoms with Crippen molar-refractivity contribution in [1.82, 2.24) is 5.32 Å². The van der Waals surface area contributed by atoms with E-state index in [-0.39, 0.29) is 0 Å². The molecule has 0 aliphatic heterocycles. The van der Waals surface area contributed by atoms with E-state index in [9.17, 15) is 0 Å². The SMILES string of the molecule is CCNC(c1ccc(Cl)c(OC)c1)C1CCCCCCC1. The Morgan fingerprint density at radius 3 is 2.48 bits per heavy atom. The zero-order chi connectivity index (χ0) is 15.1. The average molecular weight is 310 g/mol. The van der Waals surface area contributed by atoms with E-state index in [1.54, 1.807) is 7.11 Å². The van der Waals surface area contributed by atoms with Gasteiger partial charge in [-0.15, -0.1) is 0 Å². The Hall–Kier alpha value is -0.730. The third kappa shape index (κ3) is 4.62. The van der Waals surface area contributed by atoms with E-state index in [1.165, 1.54) is 50.5 Å². The minimum absolute atomic E-state index is 0.416. The summed E-state index contributed by atoms with van der Waals surface area (Å²) in [6.45, 7) is 3.18. The Balaban J connectivity index is 2.19. The molecule has 0 radical (unpaired) electrons. The lowest BCUT2D eigenvalue weighted by Crippen LogP contribution is -2.29. The van der Waals surface area contributed by atoms with Gasteiger partial charge in [-0.2, -0.15) is 0 Å². The number of nitrogens with one attached hydrogen (secondary N) is 1. The molecule has 1 aliphatic rings. The van der Waals surface area contributed by atoms with Crippen molar-refractivity contribution in [2.45, 2.75) is 57.9 Å². The van der Waals surface area contributed by atoms with Crippen LogP contribution in [-0.2, 0) is 0 Å². The van der Waals surface area contributed by atoms with Crippen molar-refractivity contribution < 1.29 is 4.74 Å². The molecule has 1 atom stereocenters. The van der Waals surface area contributed by atoms with Gasteiger partial charge in [-0.05, 0) is 43.0 Å². The highest BCUT2D eigenvalue weighted by Crippen LogP contribution is 2.35. The van der Waals surface area contributed by atoms with Gasteiger partial charge in [-0.25, -0.2) is 0 Å². The summed E-state index contributed by atoms with van der Waals surface area (Å²) in [5, 5.41) is 4.38. The van der Waals surface area contributed by atoms with Crippen LogP contribution in [0.5, 0.6) is 5.75 Å². The van der Waals surface area contributed by atoms with Crippen molar-refractivity contribution in [3.05, 3.63) is 28.8 Å². The maximum Gasteiger partial charge on any atom is 0.137 e. The number of methoxy groups -OCH3 is 1. The first kappa shape index (κ1) is 16.6. The Morgan fingerprint density at radius 2 is 1.86 bits per heavy atom. The lowest BCUT2D eigenvalue weighted by atomic mass is 9.83. The first-order chi connectivity index (χ1) is 10.3. The quantitative estimate of drug-likeness (QED) is 0.790. The van der Waals surface area contributed by atoms with Crippen molar-refractivity contribution in [1.29, 1.82) is 0 Å². The molecule has 3 heteroatoms. The second kappa shape index (κ2) is 8.65. The van der Waals surface area contributed by atoms with E-state index in [2.05, 4.69) is 24.4 Å². The van der Waals surface area contributed by atoms with Gasteiger partial charge in [0.05, 0.1) is 12.1 Å².